The first kappa shape index (κ1) is 15.0. The van der Waals surface area contributed by atoms with Crippen LogP contribution in [0.5, 0.6) is 0 Å². The molecule has 2 aromatic rings. The maximum atomic E-state index is 12.3. The molecule has 0 aromatic carbocycles. The molecular formula is C12H13NO4S3. The number of nitrogens with one attached hydrogen (secondary N) is 1. The Morgan fingerprint density at radius 3 is 2.55 bits per heavy atom. The second-order valence-electron chi connectivity index (χ2n) is 4.09. The van der Waals surface area contributed by atoms with E-state index in [-0.39, 0.29) is 14.8 Å². The van der Waals surface area contributed by atoms with E-state index >= 15 is 0 Å². The van der Waals surface area contributed by atoms with Gasteiger partial charge in [0.15, 0.2) is 0 Å². The summed E-state index contributed by atoms with van der Waals surface area (Å²) in [6, 6.07) is 3.28. The largest absolute Gasteiger partial charge is 0.465 e. The van der Waals surface area contributed by atoms with Gasteiger partial charge in [0.1, 0.15) is 9.09 Å². The summed E-state index contributed by atoms with van der Waals surface area (Å²) in [6.07, 6.45) is 0. The van der Waals surface area contributed by atoms with Crippen molar-refractivity contribution < 1.29 is 17.9 Å². The third-order valence-electron chi connectivity index (χ3n) is 2.56. The van der Waals surface area contributed by atoms with Crippen LogP contribution in [0.3, 0.4) is 0 Å². The molecule has 0 saturated carbocycles. The minimum Gasteiger partial charge on any atom is -0.465 e. The Hall–Kier alpha value is -1.38. The predicted octanol–water partition coefficient (Wildman–Crippen LogP) is 3.01. The van der Waals surface area contributed by atoms with Crippen LogP contribution in [0.15, 0.2) is 21.7 Å². The van der Waals surface area contributed by atoms with E-state index in [2.05, 4.69) is 9.46 Å². The summed E-state index contributed by atoms with van der Waals surface area (Å²) in [5.74, 6) is -0.553. The topological polar surface area (TPSA) is 72.5 Å². The first-order chi connectivity index (χ1) is 9.35. The molecule has 0 spiro atoms. The van der Waals surface area contributed by atoms with E-state index in [0.29, 0.717) is 5.56 Å². The molecule has 0 atom stereocenters. The van der Waals surface area contributed by atoms with Crippen molar-refractivity contribution in [1.29, 1.82) is 0 Å². The quantitative estimate of drug-likeness (QED) is 0.874. The van der Waals surface area contributed by atoms with Gasteiger partial charge in [-0.25, -0.2) is 13.2 Å². The SMILES string of the molecule is COC(=O)c1scc(C)c1NS(=O)(=O)c1ccc(C)s1. The average molecular weight is 331 g/mol. The van der Waals surface area contributed by atoms with Gasteiger partial charge in [-0.3, -0.25) is 4.72 Å². The van der Waals surface area contributed by atoms with Crippen LogP contribution in [0.1, 0.15) is 20.1 Å². The number of methoxy groups -OCH3 is 1. The number of ether oxygens (including phenoxy) is 1. The van der Waals surface area contributed by atoms with Gasteiger partial charge >= 0.3 is 5.97 Å². The van der Waals surface area contributed by atoms with Gasteiger partial charge in [0, 0.05) is 4.88 Å². The van der Waals surface area contributed by atoms with Gasteiger partial charge in [-0.2, -0.15) is 0 Å². The van der Waals surface area contributed by atoms with Gasteiger partial charge in [-0.15, -0.1) is 22.7 Å². The Morgan fingerprint density at radius 2 is 2.00 bits per heavy atom. The van der Waals surface area contributed by atoms with E-state index in [0.717, 1.165) is 16.2 Å². The van der Waals surface area contributed by atoms with Crippen molar-refractivity contribution in [1.82, 2.24) is 0 Å². The standard InChI is InChI=1S/C12H13NO4S3/c1-7-6-18-11(12(14)17-3)10(7)13-20(15,16)9-5-4-8(2)19-9/h4-6,13H,1-3H3. The van der Waals surface area contributed by atoms with Gasteiger partial charge in [0.2, 0.25) is 0 Å². The number of esters is 1. The number of carbonyl (C=O) groups excluding carboxylic acids is 1. The zero-order valence-corrected chi connectivity index (χ0v) is 13.5. The number of anilines is 1. The van der Waals surface area contributed by atoms with Crippen LogP contribution < -0.4 is 4.72 Å². The maximum Gasteiger partial charge on any atom is 0.350 e. The number of carbonyl (C=O) groups is 1. The normalized spacial score (nSPS) is 11.3. The van der Waals surface area contributed by atoms with Gasteiger partial charge in [0.05, 0.1) is 12.8 Å². The van der Waals surface area contributed by atoms with Gasteiger partial charge in [0.25, 0.3) is 10.0 Å². The molecule has 0 saturated heterocycles. The van der Waals surface area contributed by atoms with Crippen LogP contribution in [0, 0.1) is 13.8 Å². The van der Waals surface area contributed by atoms with Crippen molar-refractivity contribution in [2.75, 3.05) is 11.8 Å². The van der Waals surface area contributed by atoms with Gasteiger partial charge < -0.3 is 4.74 Å². The summed E-state index contributed by atoms with van der Waals surface area (Å²) in [6.45, 7) is 3.57. The van der Waals surface area contributed by atoms with Crippen LogP contribution >= 0.6 is 22.7 Å². The first-order valence-corrected chi connectivity index (χ1v) is 8.78. The zero-order valence-electron chi connectivity index (χ0n) is 11.1. The van der Waals surface area contributed by atoms with Crippen LogP contribution in [-0.4, -0.2) is 21.5 Å². The van der Waals surface area contributed by atoms with Crippen molar-refractivity contribution in [3.05, 3.63) is 32.8 Å². The number of sulfonamides is 1. The summed E-state index contributed by atoms with van der Waals surface area (Å²) in [5.41, 5.74) is 0.972. The van der Waals surface area contributed by atoms with Crippen LogP contribution in [-0.2, 0) is 14.8 Å². The predicted molar refractivity (Wildman–Crippen MR) is 80.3 cm³/mol. The smallest absolute Gasteiger partial charge is 0.350 e. The molecule has 0 aliphatic carbocycles. The Balaban J connectivity index is 2.39. The third-order valence-corrected chi connectivity index (χ3v) is 6.48. The number of rotatable bonds is 4. The fraction of sp³-hybridized carbons (Fsp3) is 0.250. The van der Waals surface area contributed by atoms with Crippen molar-refractivity contribution >= 4 is 44.4 Å². The molecule has 2 heterocycles. The Bertz CT molecular complexity index is 743. The number of hydrogen-bond donors (Lipinski definition) is 1. The minimum atomic E-state index is -3.68. The molecule has 0 radical (unpaired) electrons. The minimum absolute atomic E-state index is 0.219. The Morgan fingerprint density at radius 1 is 1.30 bits per heavy atom. The highest BCUT2D eigenvalue weighted by atomic mass is 32.2. The Kier molecular flexibility index (Phi) is 4.17. The lowest BCUT2D eigenvalue weighted by molar-refractivity contribution is 0.0607. The molecule has 20 heavy (non-hydrogen) atoms. The van der Waals surface area contributed by atoms with Crippen LogP contribution in [0.25, 0.3) is 0 Å². The molecule has 2 aromatic heterocycles. The number of aryl methyl sites for hydroxylation is 2. The van der Waals surface area contributed by atoms with Crippen molar-refractivity contribution in [2.24, 2.45) is 0 Å². The lowest BCUT2D eigenvalue weighted by Gasteiger charge is -2.08. The second-order valence-corrected chi connectivity index (χ2v) is 8.16. The summed E-state index contributed by atoms with van der Waals surface area (Å²) < 4.78 is 31.9. The highest BCUT2D eigenvalue weighted by Gasteiger charge is 2.23. The molecule has 1 N–H and O–H groups in total. The van der Waals surface area contributed by atoms with E-state index in [1.165, 1.54) is 18.4 Å². The highest BCUT2D eigenvalue weighted by Crippen LogP contribution is 2.31. The molecule has 2 rings (SSSR count). The molecule has 5 nitrogen and oxygen atoms in total. The lowest BCUT2D eigenvalue weighted by atomic mass is 10.3. The fourth-order valence-electron chi connectivity index (χ4n) is 1.56. The van der Waals surface area contributed by atoms with Crippen molar-refractivity contribution in [3.63, 3.8) is 0 Å². The van der Waals surface area contributed by atoms with Crippen molar-refractivity contribution in [3.8, 4) is 0 Å². The maximum absolute atomic E-state index is 12.3. The van der Waals surface area contributed by atoms with Crippen molar-refractivity contribution in [2.45, 2.75) is 18.1 Å². The number of thiophene rings is 2. The molecule has 8 heteroatoms. The number of hydrogen-bond acceptors (Lipinski definition) is 6. The summed E-state index contributed by atoms with van der Waals surface area (Å²) in [5, 5.41) is 1.71. The zero-order chi connectivity index (χ0) is 14.9. The third kappa shape index (κ3) is 2.87. The Labute approximate surface area is 125 Å². The lowest BCUT2D eigenvalue weighted by Crippen LogP contribution is -2.14. The van der Waals surface area contributed by atoms with E-state index in [4.69, 9.17) is 0 Å². The van der Waals surface area contributed by atoms with E-state index in [1.54, 1.807) is 24.4 Å². The molecular weight excluding hydrogens is 318 g/mol. The highest BCUT2D eigenvalue weighted by molar-refractivity contribution is 7.94. The van der Waals surface area contributed by atoms with Crippen LogP contribution in [0.2, 0.25) is 0 Å². The summed E-state index contributed by atoms with van der Waals surface area (Å²) in [4.78, 5) is 12.8. The monoisotopic (exact) mass is 331 g/mol. The van der Waals surface area contributed by atoms with Gasteiger partial charge in [-0.05, 0) is 36.9 Å². The molecule has 0 aliphatic rings. The molecule has 108 valence electrons. The molecule has 0 amide bonds. The van der Waals surface area contributed by atoms with E-state index in [1.807, 2.05) is 6.92 Å². The summed E-state index contributed by atoms with van der Waals surface area (Å²) >= 11 is 2.33. The molecule has 0 unspecified atom stereocenters. The molecule has 0 aliphatic heterocycles. The molecule has 0 fully saturated rings. The van der Waals surface area contributed by atoms with Crippen LogP contribution in [0.4, 0.5) is 5.69 Å². The van der Waals surface area contributed by atoms with E-state index in [9.17, 15) is 13.2 Å². The average Bonchev–Trinajstić information content (AvgIpc) is 2.97. The fourth-order valence-corrected chi connectivity index (χ4v) is 4.97. The van der Waals surface area contributed by atoms with E-state index < -0.39 is 16.0 Å². The first-order valence-electron chi connectivity index (χ1n) is 5.61. The van der Waals surface area contributed by atoms with Gasteiger partial charge in [-0.1, -0.05) is 0 Å². The second kappa shape index (κ2) is 5.55. The summed E-state index contributed by atoms with van der Waals surface area (Å²) in [7, 11) is -2.42. The molecule has 0 bridgehead atoms.